The number of methoxy groups -OCH3 is 1. The van der Waals surface area contributed by atoms with E-state index in [-0.39, 0.29) is 12.0 Å². The maximum absolute atomic E-state index is 12.2. The number of carbonyl (C=O) groups is 1. The topological polar surface area (TPSA) is 64.8 Å². The first-order valence-electron chi connectivity index (χ1n) is 6.03. The van der Waals surface area contributed by atoms with Gasteiger partial charge >= 0.3 is 0 Å². The predicted octanol–water partition coefficient (Wildman–Crippen LogP) is 1.19. The van der Waals surface area contributed by atoms with Crippen molar-refractivity contribution in [2.45, 2.75) is 18.9 Å². The van der Waals surface area contributed by atoms with Crippen LogP contribution >= 0.6 is 0 Å². The summed E-state index contributed by atoms with van der Waals surface area (Å²) in [6.07, 6.45) is 1.65. The summed E-state index contributed by atoms with van der Waals surface area (Å²) in [5.74, 6) is 5.95. The molecule has 0 bridgehead atoms. The fourth-order valence-corrected chi connectivity index (χ4v) is 2.11. The summed E-state index contributed by atoms with van der Waals surface area (Å²) in [5.41, 5.74) is 0.683. The smallest absolute Gasteiger partial charge is 0.253 e. The van der Waals surface area contributed by atoms with Gasteiger partial charge in [0.05, 0.1) is 13.2 Å². The molecule has 0 saturated carbocycles. The minimum atomic E-state index is 0.0492. The van der Waals surface area contributed by atoms with E-state index in [2.05, 4.69) is 0 Å². The van der Waals surface area contributed by atoms with Crippen LogP contribution in [-0.4, -0.2) is 37.1 Å². The summed E-state index contributed by atoms with van der Waals surface area (Å²) in [6.45, 7) is 1.37. The predicted molar refractivity (Wildman–Crippen MR) is 67.2 cm³/mol. The Hall–Kier alpha value is -1.59. The molecule has 2 N–H and O–H groups in total. The fourth-order valence-electron chi connectivity index (χ4n) is 2.11. The number of amides is 1. The van der Waals surface area contributed by atoms with Gasteiger partial charge in [-0.15, -0.1) is 0 Å². The molecule has 1 fully saturated rings. The normalized spacial score (nSPS) is 16.7. The molecular weight excluding hydrogens is 232 g/mol. The molecule has 5 heteroatoms. The van der Waals surface area contributed by atoms with E-state index in [0.717, 1.165) is 18.6 Å². The van der Waals surface area contributed by atoms with Gasteiger partial charge in [-0.1, -0.05) is 0 Å². The Morgan fingerprint density at radius 2 is 1.89 bits per heavy atom. The molecule has 0 unspecified atom stereocenters. The first kappa shape index (κ1) is 12.9. The van der Waals surface area contributed by atoms with Gasteiger partial charge in [0.15, 0.2) is 0 Å². The van der Waals surface area contributed by atoms with Gasteiger partial charge in [-0.2, -0.15) is 0 Å². The third-order valence-electron chi connectivity index (χ3n) is 3.26. The number of benzene rings is 1. The molecule has 0 aliphatic carbocycles. The molecule has 2 rings (SSSR count). The Morgan fingerprint density at radius 3 is 2.39 bits per heavy atom. The number of piperidine rings is 1. The Morgan fingerprint density at radius 1 is 1.28 bits per heavy atom. The van der Waals surface area contributed by atoms with Crippen LogP contribution in [0.3, 0.4) is 0 Å². The molecule has 0 radical (unpaired) electrons. The molecule has 1 heterocycles. The highest BCUT2D eigenvalue weighted by Crippen LogP contribution is 2.17. The Labute approximate surface area is 106 Å². The third kappa shape index (κ3) is 2.80. The number of rotatable bonds is 3. The average molecular weight is 250 g/mol. The van der Waals surface area contributed by atoms with Crippen LogP contribution < -0.4 is 10.6 Å². The van der Waals surface area contributed by atoms with Crippen molar-refractivity contribution >= 4 is 5.91 Å². The van der Waals surface area contributed by atoms with Crippen LogP contribution in [0, 0.1) is 0 Å². The summed E-state index contributed by atoms with van der Waals surface area (Å²) in [6, 6.07) is 7.16. The lowest BCUT2D eigenvalue weighted by atomic mass is 10.1. The standard InChI is InChI=1S/C13H18N2O3/c1-17-11-4-2-10(3-5-11)13(16)15-8-6-12(18-14)7-9-15/h2-5,12H,6-9,14H2,1H3. The Kier molecular flexibility index (Phi) is 4.17. The van der Waals surface area contributed by atoms with E-state index >= 15 is 0 Å². The van der Waals surface area contributed by atoms with Crippen LogP contribution in [0.15, 0.2) is 24.3 Å². The number of nitrogens with two attached hydrogens (primary N) is 1. The van der Waals surface area contributed by atoms with Crippen molar-refractivity contribution < 1.29 is 14.4 Å². The first-order chi connectivity index (χ1) is 8.74. The van der Waals surface area contributed by atoms with E-state index in [9.17, 15) is 4.79 Å². The highest BCUT2D eigenvalue weighted by atomic mass is 16.6. The molecule has 1 aliphatic rings. The lowest BCUT2D eigenvalue weighted by Gasteiger charge is -2.30. The molecule has 0 aromatic heterocycles. The van der Waals surface area contributed by atoms with E-state index in [1.165, 1.54) is 0 Å². The second-order valence-corrected chi connectivity index (χ2v) is 4.36. The number of carbonyl (C=O) groups excluding carboxylic acids is 1. The number of nitrogens with zero attached hydrogens (tertiary/aromatic N) is 1. The molecule has 98 valence electrons. The van der Waals surface area contributed by atoms with Gasteiger partial charge in [-0.05, 0) is 37.1 Å². The molecule has 1 aliphatic heterocycles. The summed E-state index contributed by atoms with van der Waals surface area (Å²) in [7, 11) is 1.61. The van der Waals surface area contributed by atoms with Gasteiger partial charge in [0, 0.05) is 18.7 Å². The van der Waals surface area contributed by atoms with E-state index in [0.29, 0.717) is 18.7 Å². The van der Waals surface area contributed by atoms with E-state index in [1.807, 2.05) is 4.90 Å². The minimum Gasteiger partial charge on any atom is -0.497 e. The summed E-state index contributed by atoms with van der Waals surface area (Å²) >= 11 is 0. The Bertz CT molecular complexity index is 397. The lowest BCUT2D eigenvalue weighted by Crippen LogP contribution is -2.41. The maximum Gasteiger partial charge on any atom is 0.253 e. The Balaban J connectivity index is 1.98. The molecule has 18 heavy (non-hydrogen) atoms. The molecule has 1 amide bonds. The molecule has 0 atom stereocenters. The summed E-state index contributed by atoms with van der Waals surface area (Å²) in [5, 5.41) is 0. The van der Waals surface area contributed by atoms with Crippen LogP contribution in [0.5, 0.6) is 5.75 Å². The van der Waals surface area contributed by atoms with Crippen molar-refractivity contribution in [1.82, 2.24) is 4.90 Å². The number of ether oxygens (including phenoxy) is 1. The van der Waals surface area contributed by atoms with Crippen LogP contribution in [-0.2, 0) is 4.84 Å². The van der Waals surface area contributed by atoms with Crippen LogP contribution in [0.1, 0.15) is 23.2 Å². The molecule has 0 spiro atoms. The molecule has 1 aromatic carbocycles. The van der Waals surface area contributed by atoms with Gasteiger partial charge in [-0.25, -0.2) is 5.90 Å². The third-order valence-corrected chi connectivity index (χ3v) is 3.26. The molecule has 1 saturated heterocycles. The van der Waals surface area contributed by atoms with Crippen molar-refractivity contribution in [3.63, 3.8) is 0 Å². The largest absolute Gasteiger partial charge is 0.497 e. The monoisotopic (exact) mass is 250 g/mol. The van der Waals surface area contributed by atoms with Gasteiger partial charge in [0.25, 0.3) is 5.91 Å². The lowest BCUT2D eigenvalue weighted by molar-refractivity contribution is 0.00781. The van der Waals surface area contributed by atoms with Crippen LogP contribution in [0.4, 0.5) is 0 Å². The first-order valence-corrected chi connectivity index (χ1v) is 6.03. The number of hydrogen-bond donors (Lipinski definition) is 1. The van der Waals surface area contributed by atoms with Crippen molar-refractivity contribution in [1.29, 1.82) is 0 Å². The van der Waals surface area contributed by atoms with Gasteiger partial charge in [0.2, 0.25) is 0 Å². The van der Waals surface area contributed by atoms with Crippen molar-refractivity contribution in [3.05, 3.63) is 29.8 Å². The zero-order valence-corrected chi connectivity index (χ0v) is 10.5. The van der Waals surface area contributed by atoms with Crippen molar-refractivity contribution in [2.24, 2.45) is 5.90 Å². The SMILES string of the molecule is COc1ccc(C(=O)N2CCC(ON)CC2)cc1. The maximum atomic E-state index is 12.2. The zero-order chi connectivity index (χ0) is 13.0. The van der Waals surface area contributed by atoms with Gasteiger partial charge < -0.3 is 14.5 Å². The number of likely N-dealkylation sites (tertiary alicyclic amines) is 1. The van der Waals surface area contributed by atoms with E-state index < -0.39 is 0 Å². The highest BCUT2D eigenvalue weighted by molar-refractivity contribution is 5.94. The highest BCUT2D eigenvalue weighted by Gasteiger charge is 2.23. The van der Waals surface area contributed by atoms with E-state index in [4.69, 9.17) is 15.5 Å². The molecule has 1 aromatic rings. The van der Waals surface area contributed by atoms with Gasteiger partial charge in [0.1, 0.15) is 5.75 Å². The second-order valence-electron chi connectivity index (χ2n) is 4.36. The second kappa shape index (κ2) is 5.84. The fraction of sp³-hybridized carbons (Fsp3) is 0.462. The quantitative estimate of drug-likeness (QED) is 0.818. The minimum absolute atomic E-state index is 0.0492. The molecular formula is C13H18N2O3. The average Bonchev–Trinajstić information content (AvgIpc) is 2.47. The van der Waals surface area contributed by atoms with Crippen molar-refractivity contribution in [3.8, 4) is 5.75 Å². The zero-order valence-electron chi connectivity index (χ0n) is 10.5. The summed E-state index contributed by atoms with van der Waals surface area (Å²) < 4.78 is 5.07. The van der Waals surface area contributed by atoms with E-state index in [1.54, 1.807) is 31.4 Å². The van der Waals surface area contributed by atoms with Crippen molar-refractivity contribution in [2.75, 3.05) is 20.2 Å². The van der Waals surface area contributed by atoms with Crippen LogP contribution in [0.2, 0.25) is 0 Å². The summed E-state index contributed by atoms with van der Waals surface area (Å²) in [4.78, 5) is 18.8. The number of hydrogen-bond acceptors (Lipinski definition) is 4. The van der Waals surface area contributed by atoms with Crippen LogP contribution in [0.25, 0.3) is 0 Å². The van der Waals surface area contributed by atoms with Gasteiger partial charge in [-0.3, -0.25) is 4.79 Å². The molecule has 5 nitrogen and oxygen atoms in total.